The highest BCUT2D eigenvalue weighted by Crippen LogP contribution is 2.18. The lowest BCUT2D eigenvalue weighted by atomic mass is 10.1. The van der Waals surface area contributed by atoms with Gasteiger partial charge in [-0.25, -0.2) is 4.98 Å². The van der Waals surface area contributed by atoms with E-state index in [9.17, 15) is 4.79 Å². The van der Waals surface area contributed by atoms with Crippen molar-refractivity contribution in [2.24, 2.45) is 0 Å². The van der Waals surface area contributed by atoms with Crippen LogP contribution in [0.1, 0.15) is 16.2 Å². The Kier molecular flexibility index (Phi) is 3.47. The maximum absolute atomic E-state index is 12.1. The van der Waals surface area contributed by atoms with Crippen LogP contribution in [0.5, 0.6) is 0 Å². The quantitative estimate of drug-likeness (QED) is 0.719. The summed E-state index contributed by atoms with van der Waals surface area (Å²) in [6.45, 7) is 0.365. The number of nitrogen functional groups attached to an aromatic ring is 1. The van der Waals surface area contributed by atoms with Crippen molar-refractivity contribution in [1.29, 1.82) is 0 Å². The van der Waals surface area contributed by atoms with Crippen LogP contribution in [0.2, 0.25) is 0 Å². The van der Waals surface area contributed by atoms with E-state index in [1.165, 1.54) is 0 Å². The van der Waals surface area contributed by atoms with E-state index >= 15 is 0 Å². The van der Waals surface area contributed by atoms with Crippen LogP contribution in [0.3, 0.4) is 0 Å². The van der Waals surface area contributed by atoms with Gasteiger partial charge in [-0.1, -0.05) is 24.3 Å². The molecule has 2 heterocycles. The fraction of sp³-hybridized carbons (Fsp3) is 0.0625. The minimum Gasteiger partial charge on any atom is -0.397 e. The van der Waals surface area contributed by atoms with Gasteiger partial charge in [0.15, 0.2) is 0 Å². The molecule has 5 nitrogen and oxygen atoms in total. The molecule has 0 unspecified atom stereocenters. The standard InChI is InChI=1S/C16H14N4O/c17-13-6-3-4-11-7-8-14(20-15(11)13)16(21)19-10-12-5-1-2-9-18-12/h1-9H,10,17H2,(H,19,21). The zero-order valence-corrected chi connectivity index (χ0v) is 11.3. The molecule has 3 N–H and O–H groups in total. The third kappa shape index (κ3) is 2.81. The van der Waals surface area contributed by atoms with Gasteiger partial charge in [0.25, 0.3) is 5.91 Å². The molecule has 1 aromatic carbocycles. The molecular formula is C16H14N4O. The summed E-state index contributed by atoms with van der Waals surface area (Å²) in [6, 6.07) is 14.6. The number of amides is 1. The van der Waals surface area contributed by atoms with Crippen molar-refractivity contribution < 1.29 is 4.79 Å². The van der Waals surface area contributed by atoms with Crippen molar-refractivity contribution in [2.45, 2.75) is 6.54 Å². The molecule has 0 aliphatic carbocycles. The highest BCUT2D eigenvalue weighted by molar-refractivity contribution is 5.97. The number of carbonyl (C=O) groups is 1. The van der Waals surface area contributed by atoms with E-state index in [1.807, 2.05) is 36.4 Å². The van der Waals surface area contributed by atoms with Gasteiger partial charge in [-0.2, -0.15) is 0 Å². The number of rotatable bonds is 3. The molecule has 0 aliphatic rings. The Labute approximate surface area is 121 Å². The number of hydrogen-bond acceptors (Lipinski definition) is 4. The van der Waals surface area contributed by atoms with Crippen LogP contribution in [0.25, 0.3) is 10.9 Å². The lowest BCUT2D eigenvalue weighted by molar-refractivity contribution is 0.0946. The first kappa shape index (κ1) is 13.1. The lowest BCUT2D eigenvalue weighted by Crippen LogP contribution is -2.24. The molecule has 3 aromatic rings. The van der Waals surface area contributed by atoms with Crippen LogP contribution in [-0.2, 0) is 6.54 Å². The van der Waals surface area contributed by atoms with Crippen molar-refractivity contribution >= 4 is 22.5 Å². The molecule has 3 rings (SSSR count). The average Bonchev–Trinajstić information content (AvgIpc) is 2.54. The number of anilines is 1. The van der Waals surface area contributed by atoms with E-state index < -0.39 is 0 Å². The third-order valence-corrected chi connectivity index (χ3v) is 3.14. The van der Waals surface area contributed by atoms with Crippen LogP contribution >= 0.6 is 0 Å². The van der Waals surface area contributed by atoms with Crippen LogP contribution < -0.4 is 11.1 Å². The Morgan fingerprint density at radius 1 is 1.10 bits per heavy atom. The predicted octanol–water partition coefficient (Wildman–Crippen LogP) is 2.14. The van der Waals surface area contributed by atoms with Gasteiger partial charge in [-0.15, -0.1) is 0 Å². The molecule has 5 heteroatoms. The Hall–Kier alpha value is -2.95. The summed E-state index contributed by atoms with van der Waals surface area (Å²) < 4.78 is 0. The van der Waals surface area contributed by atoms with Crippen LogP contribution in [0.15, 0.2) is 54.7 Å². The number of benzene rings is 1. The Morgan fingerprint density at radius 2 is 2.00 bits per heavy atom. The number of para-hydroxylation sites is 1. The molecule has 0 aliphatic heterocycles. The van der Waals surface area contributed by atoms with Gasteiger partial charge in [0, 0.05) is 11.6 Å². The Bertz CT molecular complexity index is 787. The monoisotopic (exact) mass is 278 g/mol. The first-order chi connectivity index (χ1) is 10.2. The predicted molar refractivity (Wildman–Crippen MR) is 81.6 cm³/mol. The SMILES string of the molecule is Nc1cccc2ccc(C(=O)NCc3ccccn3)nc12. The zero-order chi connectivity index (χ0) is 14.7. The van der Waals surface area contributed by atoms with Gasteiger partial charge in [-0.05, 0) is 24.3 Å². The molecule has 2 aromatic heterocycles. The Morgan fingerprint density at radius 3 is 2.81 bits per heavy atom. The van der Waals surface area contributed by atoms with Crippen LogP contribution in [0.4, 0.5) is 5.69 Å². The number of nitrogens with two attached hydrogens (primary N) is 1. The van der Waals surface area contributed by atoms with Crippen molar-refractivity contribution in [3.8, 4) is 0 Å². The minimum absolute atomic E-state index is 0.245. The number of pyridine rings is 2. The molecule has 0 fully saturated rings. The lowest BCUT2D eigenvalue weighted by Gasteiger charge is -2.06. The zero-order valence-electron chi connectivity index (χ0n) is 11.3. The fourth-order valence-corrected chi connectivity index (χ4v) is 2.06. The smallest absolute Gasteiger partial charge is 0.270 e. The normalized spacial score (nSPS) is 10.5. The summed E-state index contributed by atoms with van der Waals surface area (Å²) in [5.74, 6) is -0.245. The summed E-state index contributed by atoms with van der Waals surface area (Å²) in [6.07, 6.45) is 1.69. The molecule has 1 amide bonds. The summed E-state index contributed by atoms with van der Waals surface area (Å²) >= 11 is 0. The van der Waals surface area contributed by atoms with Crippen LogP contribution in [0, 0.1) is 0 Å². The number of carbonyl (C=O) groups excluding carboxylic acids is 1. The minimum atomic E-state index is -0.245. The van der Waals surface area contributed by atoms with E-state index in [-0.39, 0.29) is 5.91 Å². The summed E-state index contributed by atoms with van der Waals surface area (Å²) in [4.78, 5) is 20.6. The summed E-state index contributed by atoms with van der Waals surface area (Å²) in [5.41, 5.74) is 8.23. The van der Waals surface area contributed by atoms with Gasteiger partial charge in [0.2, 0.25) is 0 Å². The average molecular weight is 278 g/mol. The second-order valence-electron chi connectivity index (χ2n) is 4.62. The van der Waals surface area contributed by atoms with Crippen molar-refractivity contribution in [3.63, 3.8) is 0 Å². The number of fused-ring (bicyclic) bond motifs is 1. The number of nitrogens with zero attached hydrogens (tertiary/aromatic N) is 2. The summed E-state index contributed by atoms with van der Waals surface area (Å²) in [5, 5.41) is 3.71. The molecule has 0 bridgehead atoms. The molecule has 21 heavy (non-hydrogen) atoms. The van der Waals surface area contributed by atoms with E-state index in [1.54, 1.807) is 18.3 Å². The van der Waals surface area contributed by atoms with E-state index in [4.69, 9.17) is 5.73 Å². The topological polar surface area (TPSA) is 80.9 Å². The van der Waals surface area contributed by atoms with Gasteiger partial charge >= 0.3 is 0 Å². The molecule has 0 radical (unpaired) electrons. The molecule has 0 atom stereocenters. The van der Waals surface area contributed by atoms with Gasteiger partial charge in [0.1, 0.15) is 5.69 Å². The highest BCUT2D eigenvalue weighted by Gasteiger charge is 2.09. The van der Waals surface area contributed by atoms with Crippen LogP contribution in [-0.4, -0.2) is 15.9 Å². The van der Waals surface area contributed by atoms with Crippen molar-refractivity contribution in [2.75, 3.05) is 5.73 Å². The van der Waals surface area contributed by atoms with Crippen molar-refractivity contribution in [3.05, 3.63) is 66.1 Å². The fourth-order valence-electron chi connectivity index (χ4n) is 2.06. The molecular weight excluding hydrogens is 264 g/mol. The van der Waals surface area contributed by atoms with E-state index in [2.05, 4.69) is 15.3 Å². The maximum atomic E-state index is 12.1. The number of aromatic nitrogens is 2. The van der Waals surface area contributed by atoms with E-state index in [0.717, 1.165) is 11.1 Å². The van der Waals surface area contributed by atoms with Gasteiger partial charge < -0.3 is 11.1 Å². The maximum Gasteiger partial charge on any atom is 0.270 e. The third-order valence-electron chi connectivity index (χ3n) is 3.14. The number of nitrogens with one attached hydrogen (secondary N) is 1. The van der Waals surface area contributed by atoms with Gasteiger partial charge in [-0.3, -0.25) is 9.78 Å². The molecule has 0 saturated heterocycles. The van der Waals surface area contributed by atoms with Gasteiger partial charge in [0.05, 0.1) is 23.4 Å². The molecule has 0 saturated carbocycles. The molecule has 0 spiro atoms. The van der Waals surface area contributed by atoms with Crippen molar-refractivity contribution in [1.82, 2.24) is 15.3 Å². The molecule has 104 valence electrons. The second kappa shape index (κ2) is 5.58. The first-order valence-corrected chi connectivity index (χ1v) is 6.57. The number of hydrogen-bond donors (Lipinski definition) is 2. The van der Waals surface area contributed by atoms with E-state index in [0.29, 0.717) is 23.4 Å². The first-order valence-electron chi connectivity index (χ1n) is 6.57. The largest absolute Gasteiger partial charge is 0.397 e. The summed E-state index contributed by atoms with van der Waals surface area (Å²) in [7, 11) is 0. The Balaban J connectivity index is 1.80. The second-order valence-corrected chi connectivity index (χ2v) is 4.62. The highest BCUT2D eigenvalue weighted by atomic mass is 16.1.